The molecule has 1 aromatic rings. The number of benzene rings is 1. The van der Waals surface area contributed by atoms with Gasteiger partial charge in [-0.25, -0.2) is 4.39 Å². The van der Waals surface area contributed by atoms with Crippen molar-refractivity contribution >= 4 is 11.5 Å². The number of Topliss-reactive ketones (excluding diaryl/α,β-unsaturated/α-hetero) is 1. The molecule has 0 aromatic heterocycles. The zero-order valence-electron chi connectivity index (χ0n) is 9.16. The minimum atomic E-state index is -0.276. The minimum Gasteiger partial charge on any atom is -0.367 e. The molecule has 1 aromatic carbocycles. The van der Waals surface area contributed by atoms with E-state index in [0.29, 0.717) is 13.0 Å². The second-order valence-corrected chi connectivity index (χ2v) is 3.62. The average molecular weight is 209 g/mol. The van der Waals surface area contributed by atoms with Gasteiger partial charge in [0.1, 0.15) is 5.82 Å². The van der Waals surface area contributed by atoms with Crippen molar-refractivity contribution < 1.29 is 9.18 Å². The summed E-state index contributed by atoms with van der Waals surface area (Å²) in [6.45, 7) is 2.32. The molecule has 3 heteroatoms. The number of anilines is 1. The topological polar surface area (TPSA) is 20.3 Å². The molecule has 0 aliphatic heterocycles. The molecule has 1 rings (SSSR count). The molecule has 0 bridgehead atoms. The largest absolute Gasteiger partial charge is 0.367 e. The third-order valence-electron chi connectivity index (χ3n) is 2.19. The van der Waals surface area contributed by atoms with Gasteiger partial charge in [-0.15, -0.1) is 0 Å². The van der Waals surface area contributed by atoms with E-state index in [1.165, 1.54) is 12.1 Å². The quantitative estimate of drug-likeness (QED) is 0.743. The van der Waals surface area contributed by atoms with Gasteiger partial charge in [0.2, 0.25) is 0 Å². The lowest BCUT2D eigenvalue weighted by atomic mass is 10.2. The van der Waals surface area contributed by atoms with Crippen LogP contribution >= 0.6 is 0 Å². The number of hydrogen-bond donors (Lipinski definition) is 0. The van der Waals surface area contributed by atoms with Crippen molar-refractivity contribution in [2.75, 3.05) is 18.5 Å². The highest BCUT2D eigenvalue weighted by Crippen LogP contribution is 2.13. The Morgan fingerprint density at radius 2 is 2.20 bits per heavy atom. The molecule has 0 radical (unpaired) electrons. The summed E-state index contributed by atoms with van der Waals surface area (Å²) in [5.41, 5.74) is 0.736. The molecule has 0 fully saturated rings. The Morgan fingerprint density at radius 3 is 2.80 bits per heavy atom. The van der Waals surface area contributed by atoms with E-state index in [2.05, 4.69) is 0 Å². The summed E-state index contributed by atoms with van der Waals surface area (Å²) in [6.07, 6.45) is 1.44. The summed E-state index contributed by atoms with van der Waals surface area (Å²) in [5.74, 6) is -0.0912. The van der Waals surface area contributed by atoms with E-state index in [-0.39, 0.29) is 11.6 Å². The van der Waals surface area contributed by atoms with Crippen molar-refractivity contribution in [3.05, 3.63) is 30.1 Å². The second kappa shape index (κ2) is 5.49. The summed E-state index contributed by atoms with van der Waals surface area (Å²) >= 11 is 0. The van der Waals surface area contributed by atoms with Crippen molar-refractivity contribution in [3.8, 4) is 0 Å². The molecule has 0 aliphatic rings. The van der Waals surface area contributed by atoms with E-state index in [9.17, 15) is 9.18 Å². The molecule has 0 unspecified atom stereocenters. The lowest BCUT2D eigenvalue weighted by molar-refractivity contribution is -0.117. The molecular formula is C12H16FNO. The minimum absolute atomic E-state index is 0.185. The molecule has 0 saturated heterocycles. The van der Waals surface area contributed by atoms with Gasteiger partial charge in [-0.2, -0.15) is 0 Å². The predicted octanol–water partition coefficient (Wildman–Crippen LogP) is 2.63. The number of carbonyl (C=O) groups excluding carboxylic acids is 1. The maximum atomic E-state index is 12.9. The van der Waals surface area contributed by atoms with Crippen molar-refractivity contribution in [1.29, 1.82) is 0 Å². The predicted molar refractivity (Wildman–Crippen MR) is 59.6 cm³/mol. The van der Waals surface area contributed by atoms with Crippen molar-refractivity contribution in [1.82, 2.24) is 0 Å². The Kier molecular flexibility index (Phi) is 4.28. The van der Waals surface area contributed by atoms with Crippen molar-refractivity contribution in [3.63, 3.8) is 0 Å². The molecule has 82 valence electrons. The van der Waals surface area contributed by atoms with Crippen LogP contribution in [-0.2, 0) is 4.79 Å². The first-order valence-electron chi connectivity index (χ1n) is 5.12. The van der Waals surface area contributed by atoms with Crippen LogP contribution in [0.4, 0.5) is 10.1 Å². The Labute approximate surface area is 89.7 Å². The summed E-state index contributed by atoms with van der Waals surface area (Å²) in [5, 5.41) is 0. The first kappa shape index (κ1) is 11.7. The van der Waals surface area contributed by atoms with Crippen LogP contribution in [0.1, 0.15) is 19.8 Å². The van der Waals surface area contributed by atoms with Gasteiger partial charge in [-0.1, -0.05) is 13.0 Å². The third kappa shape index (κ3) is 3.70. The maximum Gasteiger partial charge on any atom is 0.152 e. The highest BCUT2D eigenvalue weighted by Gasteiger charge is 2.06. The summed E-state index contributed by atoms with van der Waals surface area (Å²) in [6, 6.07) is 6.26. The monoisotopic (exact) mass is 209 g/mol. The zero-order chi connectivity index (χ0) is 11.3. The van der Waals surface area contributed by atoms with Crippen LogP contribution in [0.5, 0.6) is 0 Å². The van der Waals surface area contributed by atoms with Gasteiger partial charge >= 0.3 is 0 Å². The fraction of sp³-hybridized carbons (Fsp3) is 0.417. The Hall–Kier alpha value is -1.38. The second-order valence-electron chi connectivity index (χ2n) is 3.62. The molecule has 0 N–H and O–H groups in total. The SMILES string of the molecule is CCCC(=O)CN(C)c1cccc(F)c1. The smallest absolute Gasteiger partial charge is 0.152 e. The molecule has 0 saturated carbocycles. The number of rotatable bonds is 5. The normalized spacial score (nSPS) is 10.1. The van der Waals surface area contributed by atoms with Crippen LogP contribution in [0.15, 0.2) is 24.3 Å². The summed E-state index contributed by atoms with van der Waals surface area (Å²) < 4.78 is 12.9. The van der Waals surface area contributed by atoms with Gasteiger partial charge in [0.15, 0.2) is 5.78 Å². The first-order valence-corrected chi connectivity index (χ1v) is 5.12. The van der Waals surface area contributed by atoms with Gasteiger partial charge < -0.3 is 4.90 Å². The number of nitrogens with zero attached hydrogens (tertiary/aromatic N) is 1. The standard InChI is InChI=1S/C12H16FNO/c1-3-5-12(15)9-14(2)11-7-4-6-10(13)8-11/h4,6-8H,3,5,9H2,1-2H3. The van der Waals surface area contributed by atoms with Crippen LogP contribution in [0, 0.1) is 5.82 Å². The Morgan fingerprint density at radius 1 is 1.47 bits per heavy atom. The lowest BCUT2D eigenvalue weighted by Gasteiger charge is -2.18. The Bertz CT molecular complexity index is 338. The zero-order valence-corrected chi connectivity index (χ0v) is 9.16. The van der Waals surface area contributed by atoms with Gasteiger partial charge in [-0.05, 0) is 24.6 Å². The molecule has 15 heavy (non-hydrogen) atoms. The van der Waals surface area contributed by atoms with Crippen LogP contribution in [0.2, 0.25) is 0 Å². The first-order chi connectivity index (χ1) is 7.13. The van der Waals surface area contributed by atoms with Crippen LogP contribution < -0.4 is 4.90 Å². The number of carbonyl (C=O) groups is 1. The van der Waals surface area contributed by atoms with E-state index >= 15 is 0 Å². The van der Waals surface area contributed by atoms with Crippen molar-refractivity contribution in [2.24, 2.45) is 0 Å². The van der Waals surface area contributed by atoms with Crippen LogP contribution in [-0.4, -0.2) is 19.4 Å². The number of halogens is 1. The Balaban J connectivity index is 2.60. The van der Waals surface area contributed by atoms with E-state index in [1.807, 2.05) is 6.92 Å². The molecule has 0 amide bonds. The molecular weight excluding hydrogens is 193 g/mol. The van der Waals surface area contributed by atoms with E-state index in [0.717, 1.165) is 12.1 Å². The van der Waals surface area contributed by atoms with E-state index in [4.69, 9.17) is 0 Å². The van der Waals surface area contributed by atoms with E-state index < -0.39 is 0 Å². The fourth-order valence-corrected chi connectivity index (χ4v) is 1.43. The van der Waals surface area contributed by atoms with Crippen molar-refractivity contribution in [2.45, 2.75) is 19.8 Å². The third-order valence-corrected chi connectivity index (χ3v) is 2.19. The van der Waals surface area contributed by atoms with Gasteiger partial charge in [0.05, 0.1) is 6.54 Å². The van der Waals surface area contributed by atoms with Crippen LogP contribution in [0.25, 0.3) is 0 Å². The maximum absolute atomic E-state index is 12.9. The molecule has 0 atom stereocenters. The lowest BCUT2D eigenvalue weighted by Crippen LogP contribution is -2.25. The summed E-state index contributed by atoms with van der Waals surface area (Å²) in [7, 11) is 1.79. The highest BCUT2D eigenvalue weighted by molar-refractivity contribution is 5.83. The van der Waals surface area contributed by atoms with Gasteiger partial charge in [0, 0.05) is 19.2 Å². The summed E-state index contributed by atoms with van der Waals surface area (Å²) in [4.78, 5) is 13.1. The van der Waals surface area contributed by atoms with Gasteiger partial charge in [-0.3, -0.25) is 4.79 Å². The number of hydrogen-bond acceptors (Lipinski definition) is 2. The van der Waals surface area contributed by atoms with Gasteiger partial charge in [0.25, 0.3) is 0 Å². The number of likely N-dealkylation sites (N-methyl/N-ethyl adjacent to an activating group) is 1. The number of ketones is 1. The fourth-order valence-electron chi connectivity index (χ4n) is 1.43. The highest BCUT2D eigenvalue weighted by atomic mass is 19.1. The average Bonchev–Trinajstić information content (AvgIpc) is 2.18. The molecule has 0 aliphatic carbocycles. The molecule has 2 nitrogen and oxygen atoms in total. The molecule has 0 heterocycles. The van der Waals surface area contributed by atoms with Crippen LogP contribution in [0.3, 0.4) is 0 Å². The van der Waals surface area contributed by atoms with E-state index in [1.54, 1.807) is 24.1 Å². The molecule has 0 spiro atoms.